The van der Waals surface area contributed by atoms with Crippen molar-refractivity contribution in [3.63, 3.8) is 0 Å². The lowest BCUT2D eigenvalue weighted by atomic mass is 10.1. The van der Waals surface area contributed by atoms with Crippen LogP contribution in [0.2, 0.25) is 0 Å². The van der Waals surface area contributed by atoms with E-state index in [-0.39, 0.29) is 5.91 Å². The number of benzene rings is 1. The van der Waals surface area contributed by atoms with Gasteiger partial charge in [0.05, 0.1) is 17.9 Å². The van der Waals surface area contributed by atoms with Crippen LogP contribution >= 0.6 is 0 Å². The molecule has 0 aliphatic heterocycles. The molecule has 5 heteroatoms. The maximum absolute atomic E-state index is 11.6. The van der Waals surface area contributed by atoms with Crippen molar-refractivity contribution in [2.45, 2.75) is 13.5 Å². The van der Waals surface area contributed by atoms with E-state index < -0.39 is 0 Å². The summed E-state index contributed by atoms with van der Waals surface area (Å²) in [6.07, 6.45) is 0. The Morgan fingerprint density at radius 3 is 2.74 bits per heavy atom. The minimum absolute atomic E-state index is 0.142. The predicted molar refractivity (Wildman–Crippen MR) is 75.0 cm³/mol. The predicted octanol–water partition coefficient (Wildman–Crippen LogP) is 2.14. The highest BCUT2D eigenvalue weighted by molar-refractivity contribution is 5.96. The molecule has 0 fully saturated rings. The van der Waals surface area contributed by atoms with Crippen molar-refractivity contribution in [2.24, 2.45) is 0 Å². The summed E-state index contributed by atoms with van der Waals surface area (Å²) in [4.78, 5) is 11.6. The van der Waals surface area contributed by atoms with Gasteiger partial charge in [-0.1, -0.05) is 0 Å². The summed E-state index contributed by atoms with van der Waals surface area (Å²) in [6, 6.07) is 8.93. The second-order valence-corrected chi connectivity index (χ2v) is 4.25. The highest BCUT2D eigenvalue weighted by Gasteiger charge is 2.07. The van der Waals surface area contributed by atoms with Crippen molar-refractivity contribution in [3.8, 4) is 0 Å². The monoisotopic (exact) mass is 259 g/mol. The van der Waals surface area contributed by atoms with Gasteiger partial charge < -0.3 is 20.8 Å². The standard InChI is InChI=1S/C14H17N3O2/c1-9-3-5-11(19-9)8-17-13-7-10(14(18)16-2)4-6-12(13)15/h3-7,17H,8,15H2,1-2H3,(H,16,18). The van der Waals surface area contributed by atoms with Crippen LogP contribution in [0.25, 0.3) is 0 Å². The summed E-state index contributed by atoms with van der Waals surface area (Å²) in [6.45, 7) is 2.42. The van der Waals surface area contributed by atoms with Gasteiger partial charge in [0.2, 0.25) is 0 Å². The molecule has 4 N–H and O–H groups in total. The van der Waals surface area contributed by atoms with Crippen molar-refractivity contribution >= 4 is 17.3 Å². The first-order valence-corrected chi connectivity index (χ1v) is 6.01. The highest BCUT2D eigenvalue weighted by Crippen LogP contribution is 2.21. The molecule has 1 aromatic carbocycles. The number of nitrogens with one attached hydrogen (secondary N) is 2. The lowest BCUT2D eigenvalue weighted by molar-refractivity contribution is 0.0963. The van der Waals surface area contributed by atoms with E-state index in [1.54, 1.807) is 25.2 Å². The minimum atomic E-state index is -0.142. The number of hydrogen-bond acceptors (Lipinski definition) is 4. The van der Waals surface area contributed by atoms with E-state index in [1.807, 2.05) is 19.1 Å². The normalized spacial score (nSPS) is 10.2. The molecule has 0 unspecified atom stereocenters. The van der Waals surface area contributed by atoms with Crippen molar-refractivity contribution < 1.29 is 9.21 Å². The molecule has 0 bridgehead atoms. The summed E-state index contributed by atoms with van der Waals surface area (Å²) in [7, 11) is 1.59. The molecule has 1 amide bonds. The van der Waals surface area contributed by atoms with Gasteiger partial charge in [0.1, 0.15) is 11.5 Å². The lowest BCUT2D eigenvalue weighted by Gasteiger charge is -2.10. The van der Waals surface area contributed by atoms with E-state index in [4.69, 9.17) is 10.2 Å². The van der Waals surface area contributed by atoms with Gasteiger partial charge >= 0.3 is 0 Å². The average Bonchev–Trinajstić information content (AvgIpc) is 2.82. The molecule has 19 heavy (non-hydrogen) atoms. The summed E-state index contributed by atoms with van der Waals surface area (Å²) in [5, 5.41) is 5.74. The Kier molecular flexibility index (Phi) is 3.75. The van der Waals surface area contributed by atoms with Gasteiger partial charge in [-0.25, -0.2) is 0 Å². The molecule has 0 aliphatic carbocycles. The van der Waals surface area contributed by atoms with Gasteiger partial charge in [0.15, 0.2) is 0 Å². The summed E-state index contributed by atoms with van der Waals surface area (Å²) < 4.78 is 5.46. The SMILES string of the molecule is CNC(=O)c1ccc(N)c(NCc2ccc(C)o2)c1. The van der Waals surface area contributed by atoms with E-state index in [0.717, 1.165) is 17.2 Å². The summed E-state index contributed by atoms with van der Waals surface area (Å²) in [5.74, 6) is 1.54. The van der Waals surface area contributed by atoms with Gasteiger partial charge in [-0.05, 0) is 37.3 Å². The molecule has 0 atom stereocenters. The molecule has 0 aliphatic rings. The van der Waals surface area contributed by atoms with Gasteiger partial charge in [-0.3, -0.25) is 4.79 Å². The Morgan fingerprint density at radius 2 is 2.11 bits per heavy atom. The molecule has 100 valence electrons. The van der Waals surface area contributed by atoms with Gasteiger partial charge in [0.25, 0.3) is 5.91 Å². The number of carbonyl (C=O) groups excluding carboxylic acids is 1. The fraction of sp³-hybridized carbons (Fsp3) is 0.214. The number of amides is 1. The largest absolute Gasteiger partial charge is 0.465 e. The average molecular weight is 259 g/mol. The Labute approximate surface area is 111 Å². The molecule has 1 heterocycles. The van der Waals surface area contributed by atoms with Crippen LogP contribution in [0.5, 0.6) is 0 Å². The molecule has 0 radical (unpaired) electrons. The number of nitrogen functional groups attached to an aromatic ring is 1. The Bertz CT molecular complexity index is 590. The van der Waals surface area contributed by atoms with Crippen molar-refractivity contribution in [1.29, 1.82) is 0 Å². The molecular weight excluding hydrogens is 242 g/mol. The molecule has 2 rings (SSSR count). The summed E-state index contributed by atoms with van der Waals surface area (Å²) in [5.41, 5.74) is 7.75. The lowest BCUT2D eigenvalue weighted by Crippen LogP contribution is -2.18. The van der Waals surface area contributed by atoms with Crippen molar-refractivity contribution in [2.75, 3.05) is 18.1 Å². The number of rotatable bonds is 4. The third-order valence-corrected chi connectivity index (χ3v) is 2.79. The van der Waals surface area contributed by atoms with Crippen LogP contribution in [0.15, 0.2) is 34.7 Å². The Balaban J connectivity index is 2.12. The van der Waals surface area contributed by atoms with Crippen LogP contribution < -0.4 is 16.4 Å². The van der Waals surface area contributed by atoms with E-state index in [1.165, 1.54) is 0 Å². The number of nitrogens with two attached hydrogens (primary N) is 1. The fourth-order valence-electron chi connectivity index (χ4n) is 1.76. The van der Waals surface area contributed by atoms with Gasteiger partial charge in [-0.2, -0.15) is 0 Å². The summed E-state index contributed by atoms with van der Waals surface area (Å²) >= 11 is 0. The minimum Gasteiger partial charge on any atom is -0.465 e. The maximum atomic E-state index is 11.6. The Morgan fingerprint density at radius 1 is 1.32 bits per heavy atom. The van der Waals surface area contributed by atoms with Crippen LogP contribution in [-0.4, -0.2) is 13.0 Å². The van der Waals surface area contributed by atoms with E-state index in [0.29, 0.717) is 17.8 Å². The zero-order valence-electron chi connectivity index (χ0n) is 11.0. The van der Waals surface area contributed by atoms with E-state index in [2.05, 4.69) is 10.6 Å². The molecule has 2 aromatic rings. The first kappa shape index (κ1) is 13.0. The fourth-order valence-corrected chi connectivity index (χ4v) is 1.76. The van der Waals surface area contributed by atoms with Crippen molar-refractivity contribution in [1.82, 2.24) is 5.32 Å². The molecule has 0 saturated carbocycles. The van der Waals surface area contributed by atoms with Crippen LogP contribution in [0.4, 0.5) is 11.4 Å². The number of anilines is 2. The molecular formula is C14H17N3O2. The quantitative estimate of drug-likeness (QED) is 0.735. The van der Waals surface area contributed by atoms with E-state index in [9.17, 15) is 4.79 Å². The molecule has 5 nitrogen and oxygen atoms in total. The third-order valence-electron chi connectivity index (χ3n) is 2.79. The molecule has 1 aromatic heterocycles. The molecule has 0 spiro atoms. The van der Waals surface area contributed by atoms with Crippen LogP contribution in [0, 0.1) is 6.92 Å². The number of hydrogen-bond donors (Lipinski definition) is 3. The maximum Gasteiger partial charge on any atom is 0.251 e. The van der Waals surface area contributed by atoms with Crippen LogP contribution in [0.3, 0.4) is 0 Å². The second-order valence-electron chi connectivity index (χ2n) is 4.25. The number of aryl methyl sites for hydroxylation is 1. The third kappa shape index (κ3) is 3.07. The van der Waals surface area contributed by atoms with Crippen LogP contribution in [-0.2, 0) is 6.54 Å². The van der Waals surface area contributed by atoms with Crippen molar-refractivity contribution in [3.05, 3.63) is 47.4 Å². The topological polar surface area (TPSA) is 80.3 Å². The molecule has 0 saturated heterocycles. The zero-order chi connectivity index (χ0) is 13.8. The zero-order valence-corrected chi connectivity index (χ0v) is 11.0. The number of carbonyl (C=O) groups is 1. The Hall–Kier alpha value is -2.43. The van der Waals surface area contributed by atoms with Gasteiger partial charge in [-0.15, -0.1) is 0 Å². The van der Waals surface area contributed by atoms with Crippen LogP contribution in [0.1, 0.15) is 21.9 Å². The first-order chi connectivity index (χ1) is 9.10. The first-order valence-electron chi connectivity index (χ1n) is 6.01. The smallest absolute Gasteiger partial charge is 0.251 e. The number of furan rings is 1. The highest BCUT2D eigenvalue weighted by atomic mass is 16.3. The second kappa shape index (κ2) is 5.48. The van der Waals surface area contributed by atoms with Gasteiger partial charge in [0, 0.05) is 12.6 Å². The van der Waals surface area contributed by atoms with E-state index >= 15 is 0 Å².